The molecule has 4 heteroatoms. The van der Waals surface area contributed by atoms with Crippen LogP contribution in [0.3, 0.4) is 0 Å². The van der Waals surface area contributed by atoms with Crippen LogP contribution < -0.4 is 0 Å². The molecule has 0 aromatic heterocycles. The third kappa shape index (κ3) is 1.58. The highest BCUT2D eigenvalue weighted by Gasteiger charge is 2.42. The average Bonchev–Trinajstić information content (AvgIpc) is 3.08. The molecule has 2 unspecified atom stereocenters. The summed E-state index contributed by atoms with van der Waals surface area (Å²) in [4.78, 5) is 0.887. The highest BCUT2D eigenvalue weighted by Crippen LogP contribution is 2.38. The Morgan fingerprint density at radius 3 is 2.62 bits per heavy atom. The summed E-state index contributed by atoms with van der Waals surface area (Å²) >= 11 is 0. The van der Waals surface area contributed by atoms with Crippen molar-refractivity contribution in [3.05, 3.63) is 41.3 Å². The van der Waals surface area contributed by atoms with E-state index in [1.54, 1.807) is 30.3 Å². The first-order valence-corrected chi connectivity index (χ1v) is 6.82. The second-order valence-corrected chi connectivity index (χ2v) is 6.13. The molecule has 0 spiro atoms. The third-order valence-electron chi connectivity index (χ3n) is 3.05. The van der Waals surface area contributed by atoms with Crippen molar-refractivity contribution in [1.29, 1.82) is 0 Å². The zero-order valence-corrected chi connectivity index (χ0v) is 9.48. The molecule has 3 rings (SSSR count). The molecule has 0 radical (unpaired) electrons. The van der Waals surface area contributed by atoms with E-state index in [9.17, 15) is 8.42 Å². The van der Waals surface area contributed by atoms with E-state index in [0.29, 0.717) is 16.2 Å². The van der Waals surface area contributed by atoms with Gasteiger partial charge in [0.05, 0.1) is 11.0 Å². The lowest BCUT2D eigenvalue weighted by molar-refractivity contribution is 0.385. The fourth-order valence-corrected chi connectivity index (χ4v) is 3.58. The Labute approximate surface area is 94.7 Å². The number of sulfone groups is 1. The van der Waals surface area contributed by atoms with Gasteiger partial charge >= 0.3 is 0 Å². The SMILES string of the molecule is O=S(=O)(C1=CC2OC2CC1)c1ccccc1. The van der Waals surface area contributed by atoms with Crippen molar-refractivity contribution in [3.63, 3.8) is 0 Å². The molecule has 3 nitrogen and oxygen atoms in total. The van der Waals surface area contributed by atoms with Gasteiger partial charge in [-0.15, -0.1) is 0 Å². The topological polar surface area (TPSA) is 46.7 Å². The van der Waals surface area contributed by atoms with Crippen LogP contribution in [-0.2, 0) is 14.6 Å². The predicted octanol–water partition coefficient (Wildman–Crippen LogP) is 1.91. The minimum absolute atomic E-state index is 0.0437. The molecule has 0 bridgehead atoms. The second-order valence-electron chi connectivity index (χ2n) is 4.13. The predicted molar refractivity (Wildman–Crippen MR) is 59.6 cm³/mol. The first-order valence-electron chi connectivity index (χ1n) is 5.34. The zero-order chi connectivity index (χ0) is 11.2. The standard InChI is InChI=1S/C12H12O3S/c13-16(14,9-4-2-1-3-5-9)10-6-7-11-12(8-10)15-11/h1-5,8,11-12H,6-7H2. The maximum absolute atomic E-state index is 12.2. The van der Waals surface area contributed by atoms with Crippen LogP contribution in [0.5, 0.6) is 0 Å². The molecule has 1 heterocycles. The molecule has 16 heavy (non-hydrogen) atoms. The fourth-order valence-electron chi connectivity index (χ4n) is 2.06. The molecule has 1 aliphatic heterocycles. The molecule has 84 valence electrons. The first-order chi connectivity index (χ1) is 7.68. The molecule has 1 aliphatic carbocycles. The van der Waals surface area contributed by atoms with E-state index in [4.69, 9.17) is 4.74 Å². The van der Waals surface area contributed by atoms with Gasteiger partial charge in [-0.3, -0.25) is 0 Å². The Morgan fingerprint density at radius 1 is 1.19 bits per heavy atom. The Hall–Kier alpha value is -1.13. The van der Waals surface area contributed by atoms with Crippen molar-refractivity contribution in [1.82, 2.24) is 0 Å². The van der Waals surface area contributed by atoms with Crippen LogP contribution in [0.2, 0.25) is 0 Å². The Bertz CT molecular complexity index is 531. The van der Waals surface area contributed by atoms with Crippen LogP contribution in [0, 0.1) is 0 Å². The minimum Gasteiger partial charge on any atom is -0.365 e. The Kier molecular flexibility index (Phi) is 2.16. The highest BCUT2D eigenvalue weighted by atomic mass is 32.2. The van der Waals surface area contributed by atoms with E-state index in [2.05, 4.69) is 0 Å². The summed E-state index contributed by atoms with van der Waals surface area (Å²) in [5, 5.41) is 0. The maximum Gasteiger partial charge on any atom is 0.202 e. The van der Waals surface area contributed by atoms with Gasteiger partial charge in [-0.25, -0.2) is 8.42 Å². The summed E-state index contributed by atoms with van der Waals surface area (Å²) in [7, 11) is -3.29. The van der Waals surface area contributed by atoms with Gasteiger partial charge in [-0.2, -0.15) is 0 Å². The molecule has 1 saturated heterocycles. The minimum atomic E-state index is -3.29. The lowest BCUT2D eigenvalue weighted by atomic mass is 10.1. The highest BCUT2D eigenvalue weighted by molar-refractivity contribution is 7.95. The van der Waals surface area contributed by atoms with Crippen LogP contribution in [0.25, 0.3) is 0 Å². The van der Waals surface area contributed by atoms with Crippen molar-refractivity contribution in [2.24, 2.45) is 0 Å². The largest absolute Gasteiger partial charge is 0.365 e. The summed E-state index contributed by atoms with van der Waals surface area (Å²) in [6.45, 7) is 0. The molecule has 1 aromatic rings. The fraction of sp³-hybridized carbons (Fsp3) is 0.333. The normalized spacial score (nSPS) is 28.1. The van der Waals surface area contributed by atoms with Gasteiger partial charge in [0, 0.05) is 4.91 Å². The van der Waals surface area contributed by atoms with Crippen LogP contribution in [0.1, 0.15) is 12.8 Å². The quantitative estimate of drug-likeness (QED) is 0.737. The molecular formula is C12H12O3S. The van der Waals surface area contributed by atoms with Crippen LogP contribution in [0.15, 0.2) is 46.2 Å². The van der Waals surface area contributed by atoms with E-state index < -0.39 is 9.84 Å². The number of allylic oxidation sites excluding steroid dienone is 1. The smallest absolute Gasteiger partial charge is 0.202 e. The van der Waals surface area contributed by atoms with Gasteiger partial charge in [-0.05, 0) is 31.1 Å². The number of epoxide rings is 1. The molecule has 0 amide bonds. The van der Waals surface area contributed by atoms with Crippen molar-refractivity contribution < 1.29 is 13.2 Å². The van der Waals surface area contributed by atoms with Crippen molar-refractivity contribution >= 4 is 9.84 Å². The lowest BCUT2D eigenvalue weighted by Gasteiger charge is -2.10. The molecular weight excluding hydrogens is 224 g/mol. The lowest BCUT2D eigenvalue weighted by Crippen LogP contribution is -2.11. The van der Waals surface area contributed by atoms with Gasteiger partial charge in [0.25, 0.3) is 0 Å². The van der Waals surface area contributed by atoms with Crippen LogP contribution in [-0.4, -0.2) is 20.6 Å². The molecule has 1 fully saturated rings. The maximum atomic E-state index is 12.2. The van der Waals surface area contributed by atoms with Crippen molar-refractivity contribution in [2.45, 2.75) is 29.9 Å². The molecule has 2 atom stereocenters. The van der Waals surface area contributed by atoms with Crippen molar-refractivity contribution in [3.8, 4) is 0 Å². The summed E-state index contributed by atoms with van der Waals surface area (Å²) in [5.41, 5.74) is 0. The zero-order valence-electron chi connectivity index (χ0n) is 8.67. The number of rotatable bonds is 2. The van der Waals surface area contributed by atoms with Crippen molar-refractivity contribution in [2.75, 3.05) is 0 Å². The average molecular weight is 236 g/mol. The molecule has 0 N–H and O–H groups in total. The van der Waals surface area contributed by atoms with Gasteiger partial charge in [0.2, 0.25) is 9.84 Å². The second kappa shape index (κ2) is 3.43. The number of fused-ring (bicyclic) bond motifs is 1. The molecule has 1 aromatic carbocycles. The van der Waals surface area contributed by atoms with E-state index in [1.165, 1.54) is 0 Å². The Balaban J connectivity index is 2.00. The first kappa shape index (κ1) is 10.1. The van der Waals surface area contributed by atoms with Crippen LogP contribution >= 0.6 is 0 Å². The van der Waals surface area contributed by atoms with Gasteiger partial charge in [-0.1, -0.05) is 18.2 Å². The summed E-state index contributed by atoms with van der Waals surface area (Å²) < 4.78 is 29.8. The van der Waals surface area contributed by atoms with Gasteiger partial charge in [0.15, 0.2) is 0 Å². The molecule has 2 aliphatic rings. The number of hydrogen-bond donors (Lipinski definition) is 0. The van der Waals surface area contributed by atoms with Gasteiger partial charge in [0.1, 0.15) is 6.10 Å². The summed E-state index contributed by atoms with van der Waals surface area (Å²) in [6, 6.07) is 8.57. The van der Waals surface area contributed by atoms with E-state index in [1.807, 2.05) is 6.07 Å². The number of ether oxygens (including phenoxy) is 1. The van der Waals surface area contributed by atoms with E-state index in [-0.39, 0.29) is 12.2 Å². The van der Waals surface area contributed by atoms with Crippen LogP contribution in [0.4, 0.5) is 0 Å². The van der Waals surface area contributed by atoms with Gasteiger partial charge < -0.3 is 4.74 Å². The number of benzene rings is 1. The Morgan fingerprint density at radius 2 is 1.94 bits per heavy atom. The summed E-state index contributed by atoms with van der Waals surface area (Å²) in [6.07, 6.45) is 3.49. The summed E-state index contributed by atoms with van der Waals surface area (Å²) in [5.74, 6) is 0. The monoisotopic (exact) mass is 236 g/mol. The molecule has 0 saturated carbocycles. The number of hydrogen-bond acceptors (Lipinski definition) is 3. The third-order valence-corrected chi connectivity index (χ3v) is 4.97. The van der Waals surface area contributed by atoms with E-state index >= 15 is 0 Å². The van der Waals surface area contributed by atoms with E-state index in [0.717, 1.165) is 6.42 Å².